The molecule has 1 amide bonds. The smallest absolute Gasteiger partial charge is 0.226 e. The van der Waals surface area contributed by atoms with Gasteiger partial charge in [-0.15, -0.1) is 0 Å². The standard InChI is InChI=1S/C20H25N5O/c26-20(14-5-6-17-15(9-14)10-21-12-22-17)24-8-7-16(11-24)25-13-23-18-3-1-2-4-19(18)25/h10,12-14,16H,1-9,11H2. The van der Waals surface area contributed by atoms with Crippen molar-refractivity contribution in [1.29, 1.82) is 0 Å². The first kappa shape index (κ1) is 16.0. The van der Waals surface area contributed by atoms with Crippen LogP contribution in [0.4, 0.5) is 0 Å². The fourth-order valence-electron chi connectivity index (χ4n) is 4.90. The Hall–Kier alpha value is -2.24. The highest BCUT2D eigenvalue weighted by Crippen LogP contribution is 2.31. The summed E-state index contributed by atoms with van der Waals surface area (Å²) in [5.74, 6) is 0.403. The van der Waals surface area contributed by atoms with E-state index in [1.165, 1.54) is 24.2 Å². The summed E-state index contributed by atoms with van der Waals surface area (Å²) >= 11 is 0. The van der Waals surface area contributed by atoms with Gasteiger partial charge in [-0.3, -0.25) is 4.79 Å². The van der Waals surface area contributed by atoms with Gasteiger partial charge in [-0.1, -0.05) is 0 Å². The Kier molecular flexibility index (Phi) is 3.98. The number of carbonyl (C=O) groups excluding carboxylic acids is 1. The number of rotatable bonds is 2. The van der Waals surface area contributed by atoms with Crippen molar-refractivity contribution >= 4 is 5.91 Å². The van der Waals surface area contributed by atoms with Crippen molar-refractivity contribution in [3.8, 4) is 0 Å². The number of amides is 1. The van der Waals surface area contributed by atoms with Gasteiger partial charge in [0.15, 0.2) is 0 Å². The topological polar surface area (TPSA) is 63.9 Å². The summed E-state index contributed by atoms with van der Waals surface area (Å²) in [6.45, 7) is 1.70. The molecule has 136 valence electrons. The second-order valence-electron chi connectivity index (χ2n) is 7.91. The average Bonchev–Trinajstić information content (AvgIpc) is 3.34. The van der Waals surface area contributed by atoms with Crippen molar-refractivity contribution in [2.75, 3.05) is 13.1 Å². The summed E-state index contributed by atoms with van der Waals surface area (Å²) in [7, 11) is 0. The largest absolute Gasteiger partial charge is 0.340 e. The molecular formula is C20H25N5O. The van der Waals surface area contributed by atoms with Crippen molar-refractivity contribution in [2.45, 2.75) is 57.4 Å². The van der Waals surface area contributed by atoms with Gasteiger partial charge < -0.3 is 9.47 Å². The Morgan fingerprint density at radius 3 is 2.96 bits per heavy atom. The number of aromatic nitrogens is 4. The van der Waals surface area contributed by atoms with Crippen LogP contribution in [-0.2, 0) is 30.5 Å². The molecule has 0 saturated carbocycles. The predicted molar refractivity (Wildman–Crippen MR) is 96.7 cm³/mol. The molecule has 1 saturated heterocycles. The van der Waals surface area contributed by atoms with E-state index >= 15 is 0 Å². The Bertz CT molecular complexity index is 829. The minimum absolute atomic E-state index is 0.0870. The molecule has 1 aliphatic heterocycles. The van der Waals surface area contributed by atoms with E-state index in [9.17, 15) is 4.79 Å². The van der Waals surface area contributed by atoms with Gasteiger partial charge in [0.05, 0.1) is 18.1 Å². The Balaban J connectivity index is 1.28. The number of aryl methyl sites for hydroxylation is 2. The Morgan fingerprint density at radius 2 is 2.00 bits per heavy atom. The molecule has 3 heterocycles. The van der Waals surface area contributed by atoms with E-state index in [1.54, 1.807) is 6.33 Å². The molecule has 0 spiro atoms. The lowest BCUT2D eigenvalue weighted by atomic mass is 9.86. The first-order valence-electron chi connectivity index (χ1n) is 9.90. The molecule has 0 bridgehead atoms. The summed E-state index contributed by atoms with van der Waals surface area (Å²) in [6.07, 6.45) is 13.9. The second-order valence-corrected chi connectivity index (χ2v) is 7.91. The molecule has 3 aliphatic rings. The van der Waals surface area contributed by atoms with Crippen molar-refractivity contribution in [1.82, 2.24) is 24.4 Å². The monoisotopic (exact) mass is 351 g/mol. The lowest BCUT2D eigenvalue weighted by Gasteiger charge is -2.27. The maximum absolute atomic E-state index is 13.1. The van der Waals surface area contributed by atoms with E-state index in [0.717, 1.165) is 62.9 Å². The zero-order valence-electron chi connectivity index (χ0n) is 15.1. The lowest BCUT2D eigenvalue weighted by molar-refractivity contribution is -0.134. The van der Waals surface area contributed by atoms with Crippen LogP contribution in [-0.4, -0.2) is 43.4 Å². The predicted octanol–water partition coefficient (Wildman–Crippen LogP) is 2.13. The molecule has 26 heavy (non-hydrogen) atoms. The minimum Gasteiger partial charge on any atom is -0.340 e. The summed E-state index contributed by atoms with van der Waals surface area (Å²) in [6, 6.07) is 0.396. The van der Waals surface area contributed by atoms with Crippen LogP contribution < -0.4 is 0 Å². The normalized spacial score (nSPS) is 25.0. The zero-order valence-corrected chi connectivity index (χ0v) is 15.1. The van der Waals surface area contributed by atoms with Gasteiger partial charge in [-0.05, 0) is 56.9 Å². The number of imidazole rings is 1. The second kappa shape index (κ2) is 6.49. The van der Waals surface area contributed by atoms with Gasteiger partial charge in [0, 0.05) is 36.6 Å². The molecule has 5 rings (SSSR count). The Labute approximate surface area is 153 Å². The Morgan fingerprint density at radius 1 is 1.08 bits per heavy atom. The first-order chi connectivity index (χ1) is 12.8. The van der Waals surface area contributed by atoms with Gasteiger partial charge in [0.2, 0.25) is 5.91 Å². The highest BCUT2D eigenvalue weighted by atomic mass is 16.2. The van der Waals surface area contributed by atoms with Gasteiger partial charge in [0.1, 0.15) is 6.33 Å². The third-order valence-corrected chi connectivity index (χ3v) is 6.35. The van der Waals surface area contributed by atoms with Crippen LogP contribution >= 0.6 is 0 Å². The van der Waals surface area contributed by atoms with Crippen LogP contribution in [0.1, 0.15) is 54.4 Å². The van der Waals surface area contributed by atoms with Crippen LogP contribution in [0, 0.1) is 5.92 Å². The molecule has 2 atom stereocenters. The van der Waals surface area contributed by atoms with Gasteiger partial charge in [-0.25, -0.2) is 15.0 Å². The average molecular weight is 351 g/mol. The molecule has 2 aliphatic carbocycles. The van der Waals surface area contributed by atoms with E-state index in [1.807, 2.05) is 12.5 Å². The molecule has 2 aromatic rings. The third-order valence-electron chi connectivity index (χ3n) is 6.35. The van der Waals surface area contributed by atoms with Gasteiger partial charge >= 0.3 is 0 Å². The maximum atomic E-state index is 13.1. The SMILES string of the molecule is O=C(C1CCc2ncncc2C1)N1CCC(n2cnc3c2CCCC3)C1. The van der Waals surface area contributed by atoms with Crippen LogP contribution in [0.3, 0.4) is 0 Å². The molecule has 2 aromatic heterocycles. The van der Waals surface area contributed by atoms with Crippen molar-refractivity contribution in [3.05, 3.63) is 41.5 Å². The molecule has 6 heteroatoms. The highest BCUT2D eigenvalue weighted by molar-refractivity contribution is 5.79. The van der Waals surface area contributed by atoms with Crippen LogP contribution in [0.5, 0.6) is 0 Å². The van der Waals surface area contributed by atoms with E-state index < -0.39 is 0 Å². The van der Waals surface area contributed by atoms with E-state index in [-0.39, 0.29) is 5.92 Å². The summed E-state index contributed by atoms with van der Waals surface area (Å²) in [5.41, 5.74) is 4.97. The first-order valence-corrected chi connectivity index (χ1v) is 9.90. The van der Waals surface area contributed by atoms with Crippen LogP contribution in [0.2, 0.25) is 0 Å². The van der Waals surface area contributed by atoms with E-state index in [2.05, 4.69) is 24.4 Å². The van der Waals surface area contributed by atoms with Crippen molar-refractivity contribution in [3.63, 3.8) is 0 Å². The number of hydrogen-bond donors (Lipinski definition) is 0. The minimum atomic E-state index is 0.0870. The third kappa shape index (κ3) is 2.72. The quantitative estimate of drug-likeness (QED) is 0.831. The summed E-state index contributed by atoms with van der Waals surface area (Å²) in [4.78, 5) is 28.3. The molecule has 0 N–H and O–H groups in total. The molecule has 0 radical (unpaired) electrons. The molecule has 6 nitrogen and oxygen atoms in total. The molecular weight excluding hydrogens is 326 g/mol. The molecule has 2 unspecified atom stereocenters. The van der Waals surface area contributed by atoms with Crippen molar-refractivity contribution in [2.24, 2.45) is 5.92 Å². The number of fused-ring (bicyclic) bond motifs is 2. The van der Waals surface area contributed by atoms with Gasteiger partial charge in [0.25, 0.3) is 0 Å². The fraction of sp³-hybridized carbons (Fsp3) is 0.600. The number of nitrogens with zero attached hydrogens (tertiary/aromatic N) is 5. The number of likely N-dealkylation sites (tertiary alicyclic amines) is 1. The van der Waals surface area contributed by atoms with Crippen LogP contribution in [0.15, 0.2) is 18.9 Å². The number of carbonyl (C=O) groups is 1. The zero-order chi connectivity index (χ0) is 17.5. The lowest BCUT2D eigenvalue weighted by Crippen LogP contribution is -2.37. The molecule has 0 aromatic carbocycles. The van der Waals surface area contributed by atoms with Gasteiger partial charge in [-0.2, -0.15) is 0 Å². The number of hydrogen-bond acceptors (Lipinski definition) is 4. The maximum Gasteiger partial charge on any atom is 0.226 e. The van der Waals surface area contributed by atoms with E-state index in [0.29, 0.717) is 11.9 Å². The fourth-order valence-corrected chi connectivity index (χ4v) is 4.90. The van der Waals surface area contributed by atoms with Crippen molar-refractivity contribution < 1.29 is 4.79 Å². The molecule has 1 fully saturated rings. The summed E-state index contributed by atoms with van der Waals surface area (Å²) in [5, 5.41) is 0. The van der Waals surface area contributed by atoms with Crippen LogP contribution in [0.25, 0.3) is 0 Å². The highest BCUT2D eigenvalue weighted by Gasteiger charge is 2.34. The van der Waals surface area contributed by atoms with E-state index in [4.69, 9.17) is 0 Å². The summed E-state index contributed by atoms with van der Waals surface area (Å²) < 4.78 is 2.37.